The van der Waals surface area contributed by atoms with E-state index in [1.54, 1.807) is 18.2 Å². The van der Waals surface area contributed by atoms with Crippen molar-refractivity contribution in [1.82, 2.24) is 0 Å². The molecule has 0 heterocycles. The Hall–Kier alpha value is -4.00. The highest BCUT2D eigenvalue weighted by Gasteiger charge is 2.47. The van der Waals surface area contributed by atoms with E-state index in [0.717, 1.165) is 0 Å². The number of benzene rings is 5. The van der Waals surface area contributed by atoms with Gasteiger partial charge in [0.15, 0.2) is 0 Å². The van der Waals surface area contributed by atoms with E-state index in [1.165, 1.54) is 33.4 Å². The van der Waals surface area contributed by atoms with Crippen LogP contribution in [0.25, 0.3) is 0 Å². The predicted molar refractivity (Wildman–Crippen MR) is 142 cm³/mol. The minimum Gasteiger partial charge on any atom is -0.545 e. The van der Waals surface area contributed by atoms with E-state index in [9.17, 15) is 9.90 Å². The number of carbonyl (C=O) groups is 1. The van der Waals surface area contributed by atoms with E-state index >= 15 is 0 Å². The first-order chi connectivity index (χ1) is 16.7. The van der Waals surface area contributed by atoms with Gasteiger partial charge in [-0.25, -0.2) is 0 Å². The SMILES string of the molecule is O=C([O-])c1ccccc1.c1ccc([P+](c2ccccc2)(c2ccccc2)c2ccccc2)cc1. The average Bonchev–Trinajstić information content (AvgIpc) is 2.93. The molecule has 0 bridgehead atoms. The summed E-state index contributed by atoms with van der Waals surface area (Å²) in [7, 11) is -1.91. The standard InChI is InChI=1S/C24H20P.C7H6O2/c1-5-13-21(14-6-1)25(22-15-7-2-8-16-22,23-17-9-3-10-18-23)24-19-11-4-12-20-24;8-7(9)6-4-2-1-3-5-6/h1-20H;1-5H,(H,8,9)/q+1;/p-1. The smallest absolute Gasteiger partial charge is 0.144 e. The van der Waals surface area contributed by atoms with Gasteiger partial charge in [0.2, 0.25) is 0 Å². The van der Waals surface area contributed by atoms with Gasteiger partial charge in [0.1, 0.15) is 28.5 Å². The van der Waals surface area contributed by atoms with Crippen LogP contribution in [0.4, 0.5) is 0 Å². The van der Waals surface area contributed by atoms with Crippen molar-refractivity contribution in [3.8, 4) is 0 Å². The lowest BCUT2D eigenvalue weighted by atomic mass is 10.2. The van der Waals surface area contributed by atoms with Crippen molar-refractivity contribution < 1.29 is 9.90 Å². The summed E-state index contributed by atoms with van der Waals surface area (Å²) in [6.45, 7) is 0. The molecule has 0 aliphatic carbocycles. The zero-order chi connectivity index (χ0) is 23.6. The normalized spacial score (nSPS) is 10.6. The van der Waals surface area contributed by atoms with Gasteiger partial charge in [-0.1, -0.05) is 103 Å². The van der Waals surface area contributed by atoms with Gasteiger partial charge in [-0.15, -0.1) is 0 Å². The van der Waals surface area contributed by atoms with Crippen LogP contribution in [-0.2, 0) is 0 Å². The summed E-state index contributed by atoms with van der Waals surface area (Å²) in [6, 6.07) is 51.9. The van der Waals surface area contributed by atoms with E-state index in [-0.39, 0.29) is 5.56 Å². The lowest BCUT2D eigenvalue weighted by molar-refractivity contribution is -0.255. The zero-order valence-electron chi connectivity index (χ0n) is 18.7. The van der Waals surface area contributed by atoms with Crippen LogP contribution in [0.2, 0.25) is 0 Å². The molecule has 3 heteroatoms. The minimum absolute atomic E-state index is 0.220. The van der Waals surface area contributed by atoms with E-state index < -0.39 is 13.2 Å². The average molecular weight is 461 g/mol. The number of carboxylic acids is 1. The van der Waals surface area contributed by atoms with Gasteiger partial charge in [0.05, 0.1) is 5.97 Å². The Labute approximate surface area is 201 Å². The van der Waals surface area contributed by atoms with Gasteiger partial charge in [-0.2, -0.15) is 0 Å². The third-order valence-electron chi connectivity index (χ3n) is 5.58. The highest BCUT2D eigenvalue weighted by atomic mass is 31.2. The molecule has 5 aromatic rings. The van der Waals surface area contributed by atoms with Crippen molar-refractivity contribution in [2.75, 3.05) is 0 Å². The molecular formula is C31H25O2P. The first kappa shape index (κ1) is 23.2. The van der Waals surface area contributed by atoms with E-state index in [0.29, 0.717) is 0 Å². The van der Waals surface area contributed by atoms with E-state index in [1.807, 2.05) is 0 Å². The van der Waals surface area contributed by atoms with E-state index in [4.69, 9.17) is 0 Å². The van der Waals surface area contributed by atoms with E-state index in [2.05, 4.69) is 121 Å². The molecule has 34 heavy (non-hydrogen) atoms. The topological polar surface area (TPSA) is 40.1 Å². The number of hydrogen-bond donors (Lipinski definition) is 0. The molecule has 0 N–H and O–H groups in total. The minimum atomic E-state index is -1.91. The molecule has 0 saturated heterocycles. The summed E-state index contributed by atoms with van der Waals surface area (Å²) >= 11 is 0. The van der Waals surface area contributed by atoms with Crippen LogP contribution < -0.4 is 26.3 Å². The molecule has 0 amide bonds. The lowest BCUT2D eigenvalue weighted by Gasteiger charge is -2.27. The summed E-state index contributed by atoms with van der Waals surface area (Å²) in [5.41, 5.74) is 0.220. The van der Waals surface area contributed by atoms with Gasteiger partial charge in [0, 0.05) is 0 Å². The first-order valence-corrected chi connectivity index (χ1v) is 12.9. The summed E-state index contributed by atoms with van der Waals surface area (Å²) in [4.78, 5) is 10.1. The van der Waals surface area contributed by atoms with Crippen LogP contribution >= 0.6 is 7.26 Å². The molecule has 0 saturated carbocycles. The molecule has 0 radical (unpaired) electrons. The fraction of sp³-hybridized carbons (Fsp3) is 0. The van der Waals surface area contributed by atoms with Crippen molar-refractivity contribution in [2.24, 2.45) is 0 Å². The zero-order valence-corrected chi connectivity index (χ0v) is 19.6. The molecule has 0 aromatic heterocycles. The molecule has 0 fully saturated rings. The Morgan fingerprint density at radius 3 is 0.853 bits per heavy atom. The molecule has 2 nitrogen and oxygen atoms in total. The lowest BCUT2D eigenvalue weighted by Crippen LogP contribution is -2.38. The molecule has 0 aliphatic heterocycles. The summed E-state index contributed by atoms with van der Waals surface area (Å²) in [5.74, 6) is -1.13. The van der Waals surface area contributed by atoms with Gasteiger partial charge >= 0.3 is 0 Å². The van der Waals surface area contributed by atoms with Crippen LogP contribution in [0.5, 0.6) is 0 Å². The quantitative estimate of drug-likeness (QED) is 0.366. The molecule has 0 spiro atoms. The highest BCUT2D eigenvalue weighted by molar-refractivity contribution is 8.01. The monoisotopic (exact) mass is 460 g/mol. The van der Waals surface area contributed by atoms with Crippen molar-refractivity contribution in [3.05, 3.63) is 157 Å². The molecule has 166 valence electrons. The van der Waals surface area contributed by atoms with Crippen LogP contribution in [0.3, 0.4) is 0 Å². The van der Waals surface area contributed by atoms with Crippen LogP contribution in [-0.4, -0.2) is 5.97 Å². The maximum Gasteiger partial charge on any atom is 0.144 e. The Bertz CT molecular complexity index is 1130. The van der Waals surface area contributed by atoms with Gasteiger partial charge in [0.25, 0.3) is 0 Å². The molecule has 5 rings (SSSR count). The molecule has 5 aromatic carbocycles. The van der Waals surface area contributed by atoms with Gasteiger partial charge < -0.3 is 9.90 Å². The number of carbonyl (C=O) groups excluding carboxylic acids is 1. The maximum absolute atomic E-state index is 10.1. The molecule has 0 unspecified atom stereocenters. The van der Waals surface area contributed by atoms with Gasteiger partial charge in [-0.3, -0.25) is 0 Å². The predicted octanol–water partition coefficient (Wildman–Crippen LogP) is 4.36. The first-order valence-electron chi connectivity index (χ1n) is 11.1. The maximum atomic E-state index is 10.1. The fourth-order valence-electron chi connectivity index (χ4n) is 4.08. The highest BCUT2D eigenvalue weighted by Crippen LogP contribution is 2.53. The Balaban J connectivity index is 0.000000257. The number of aromatic carboxylic acids is 1. The summed E-state index contributed by atoms with van der Waals surface area (Å²) < 4.78 is 0. The molecule has 0 aliphatic rings. The van der Waals surface area contributed by atoms with Crippen molar-refractivity contribution in [1.29, 1.82) is 0 Å². The second-order valence-corrected chi connectivity index (χ2v) is 11.1. The Kier molecular flexibility index (Phi) is 7.65. The third kappa shape index (κ3) is 4.98. The van der Waals surface area contributed by atoms with Crippen LogP contribution in [0.1, 0.15) is 10.4 Å². The number of hydrogen-bond acceptors (Lipinski definition) is 2. The second-order valence-electron chi connectivity index (χ2n) is 7.67. The fourth-order valence-corrected chi connectivity index (χ4v) is 8.34. The van der Waals surface area contributed by atoms with Crippen molar-refractivity contribution >= 4 is 34.4 Å². The second kappa shape index (κ2) is 11.2. The van der Waals surface area contributed by atoms with Gasteiger partial charge in [-0.05, 0) is 54.1 Å². The van der Waals surface area contributed by atoms with Crippen molar-refractivity contribution in [3.63, 3.8) is 0 Å². The van der Waals surface area contributed by atoms with Crippen LogP contribution in [0.15, 0.2) is 152 Å². The number of carboxylic acid groups (broad SMARTS) is 1. The molecule has 0 atom stereocenters. The summed E-state index contributed by atoms with van der Waals surface area (Å²) in [6.07, 6.45) is 0. The van der Waals surface area contributed by atoms with Crippen molar-refractivity contribution in [2.45, 2.75) is 0 Å². The largest absolute Gasteiger partial charge is 0.545 e. The number of rotatable bonds is 5. The summed E-state index contributed by atoms with van der Waals surface area (Å²) in [5, 5.41) is 15.6. The Morgan fingerprint density at radius 2 is 0.647 bits per heavy atom. The Morgan fingerprint density at radius 1 is 0.412 bits per heavy atom. The molecular weight excluding hydrogens is 435 g/mol. The third-order valence-corrected chi connectivity index (χ3v) is 9.87. The van der Waals surface area contributed by atoms with Crippen LogP contribution in [0, 0.1) is 0 Å².